The first-order valence-corrected chi connectivity index (χ1v) is 21.8. The van der Waals surface area contributed by atoms with Gasteiger partial charge in [0.05, 0.1) is 27.5 Å². The Morgan fingerprint density at radius 1 is 0.359 bits per heavy atom. The summed E-state index contributed by atoms with van der Waals surface area (Å²) in [5.74, 6) is 1.63. The van der Waals surface area contributed by atoms with Gasteiger partial charge in [-0.05, 0) is 87.0 Å². The number of para-hydroxylation sites is 4. The average molecular weight is 816 g/mol. The van der Waals surface area contributed by atoms with Crippen molar-refractivity contribution in [3.63, 3.8) is 0 Å². The molecule has 6 nitrogen and oxygen atoms in total. The van der Waals surface area contributed by atoms with Crippen LogP contribution in [-0.4, -0.2) is 24.1 Å². The highest BCUT2D eigenvalue weighted by atomic mass is 16.3. The maximum Gasteiger partial charge on any atom is 0.240 e. The number of rotatable bonds is 3. The molecule has 0 radical (unpaired) electrons. The summed E-state index contributed by atoms with van der Waals surface area (Å²) in [6, 6.07) is 71.8. The first kappa shape index (κ1) is 34.0. The standard InChI is InChI=1S/C58H33N5O/c1-8-22-43-35(15-1)36-16-2-9-23-44(36)58(43)45-24-10-3-20-41(45)53-46(58)31-32-50-54(53)42-21-6-13-27-49(42)63(50)57-60-55(34-29-30-40-39-19-7-14-28-51(39)64-52(40)33-34)59-56(61-57)62-47-25-11-4-17-37(47)38-18-5-12-26-48(38)62/h1-33H. The van der Waals surface area contributed by atoms with Crippen LogP contribution in [0.15, 0.2) is 205 Å². The van der Waals surface area contributed by atoms with E-state index < -0.39 is 5.41 Å². The van der Waals surface area contributed by atoms with E-state index in [0.717, 1.165) is 65.7 Å². The summed E-state index contributed by atoms with van der Waals surface area (Å²) < 4.78 is 10.9. The molecule has 15 rings (SSSR count). The third kappa shape index (κ3) is 4.22. The van der Waals surface area contributed by atoms with Gasteiger partial charge in [0.25, 0.3) is 0 Å². The summed E-state index contributed by atoms with van der Waals surface area (Å²) in [4.78, 5) is 16.3. The van der Waals surface area contributed by atoms with Crippen molar-refractivity contribution in [2.75, 3.05) is 0 Å². The van der Waals surface area contributed by atoms with E-state index in [1.807, 2.05) is 18.2 Å². The molecule has 2 aliphatic carbocycles. The molecular weight excluding hydrogens is 783 g/mol. The molecule has 9 aromatic carbocycles. The van der Waals surface area contributed by atoms with Gasteiger partial charge in [0.1, 0.15) is 11.2 Å². The molecule has 4 heterocycles. The minimum absolute atomic E-state index is 0.462. The van der Waals surface area contributed by atoms with Gasteiger partial charge in [-0.3, -0.25) is 9.13 Å². The van der Waals surface area contributed by atoms with Crippen LogP contribution >= 0.6 is 0 Å². The Bertz CT molecular complexity index is 4070. The van der Waals surface area contributed by atoms with Crippen molar-refractivity contribution in [1.29, 1.82) is 0 Å². The molecule has 4 aromatic heterocycles. The first-order chi connectivity index (χ1) is 31.8. The maximum atomic E-state index is 6.42. The lowest BCUT2D eigenvalue weighted by Crippen LogP contribution is -2.25. The van der Waals surface area contributed by atoms with Crippen LogP contribution in [0.1, 0.15) is 22.3 Å². The quantitative estimate of drug-likeness (QED) is 0.178. The second-order valence-corrected chi connectivity index (χ2v) is 17.1. The molecule has 2 aliphatic rings. The highest BCUT2D eigenvalue weighted by Crippen LogP contribution is 2.64. The van der Waals surface area contributed by atoms with Gasteiger partial charge in [0, 0.05) is 37.9 Å². The number of hydrogen-bond donors (Lipinski definition) is 0. The number of fused-ring (bicyclic) bond motifs is 20. The molecule has 1 spiro atoms. The molecule has 6 heteroatoms. The summed E-state index contributed by atoms with van der Waals surface area (Å²) in [6.45, 7) is 0. The summed E-state index contributed by atoms with van der Waals surface area (Å²) in [5.41, 5.74) is 16.5. The third-order valence-corrected chi connectivity index (χ3v) is 14.0. The zero-order valence-electron chi connectivity index (χ0n) is 34.2. The van der Waals surface area contributed by atoms with Crippen LogP contribution in [0.5, 0.6) is 0 Å². The van der Waals surface area contributed by atoms with Gasteiger partial charge in [0.15, 0.2) is 5.82 Å². The number of aromatic nitrogens is 5. The monoisotopic (exact) mass is 815 g/mol. The lowest BCUT2D eigenvalue weighted by molar-refractivity contribution is 0.669. The first-order valence-electron chi connectivity index (χ1n) is 21.8. The highest BCUT2D eigenvalue weighted by molar-refractivity contribution is 6.19. The van der Waals surface area contributed by atoms with Gasteiger partial charge in [-0.15, -0.1) is 0 Å². The third-order valence-electron chi connectivity index (χ3n) is 14.0. The molecular formula is C58H33N5O. The number of hydrogen-bond acceptors (Lipinski definition) is 4. The maximum absolute atomic E-state index is 6.42. The van der Waals surface area contributed by atoms with E-state index in [1.165, 1.54) is 49.9 Å². The molecule has 64 heavy (non-hydrogen) atoms. The van der Waals surface area contributed by atoms with Crippen molar-refractivity contribution in [3.8, 4) is 45.5 Å². The average Bonchev–Trinajstić information content (AvgIpc) is 4.14. The van der Waals surface area contributed by atoms with Gasteiger partial charge >= 0.3 is 0 Å². The lowest BCUT2D eigenvalue weighted by atomic mass is 9.70. The van der Waals surface area contributed by atoms with Crippen LogP contribution in [0.25, 0.3) is 111 Å². The molecule has 0 saturated heterocycles. The summed E-state index contributed by atoms with van der Waals surface area (Å²) >= 11 is 0. The van der Waals surface area contributed by atoms with Gasteiger partial charge in [-0.25, -0.2) is 0 Å². The van der Waals surface area contributed by atoms with Crippen LogP contribution in [0.2, 0.25) is 0 Å². The van der Waals surface area contributed by atoms with E-state index in [2.05, 4.69) is 191 Å². The predicted octanol–water partition coefficient (Wildman–Crippen LogP) is 14.0. The van der Waals surface area contributed by atoms with Gasteiger partial charge < -0.3 is 4.42 Å². The molecule has 0 aliphatic heterocycles. The summed E-state index contributed by atoms with van der Waals surface area (Å²) in [6.07, 6.45) is 0. The SMILES string of the molecule is c1ccc2c(c1)-c1ccccc1C21c2ccccc2-c2c1ccc1c2c2ccccc2n1-c1nc(-c2ccc3c(c2)oc2ccccc23)nc(-n2c3ccccc3c3ccccc32)n1. The predicted molar refractivity (Wildman–Crippen MR) is 258 cm³/mol. The largest absolute Gasteiger partial charge is 0.456 e. The molecule has 296 valence electrons. The molecule has 13 aromatic rings. The molecule has 0 atom stereocenters. The van der Waals surface area contributed by atoms with Crippen molar-refractivity contribution in [2.24, 2.45) is 0 Å². The Labute approximate surface area is 366 Å². The van der Waals surface area contributed by atoms with Crippen LogP contribution < -0.4 is 0 Å². The number of nitrogens with zero attached hydrogens (tertiary/aromatic N) is 5. The van der Waals surface area contributed by atoms with Gasteiger partial charge in [-0.1, -0.05) is 158 Å². The van der Waals surface area contributed by atoms with E-state index in [4.69, 9.17) is 19.4 Å². The lowest BCUT2D eigenvalue weighted by Gasteiger charge is -2.30. The molecule has 0 amide bonds. The van der Waals surface area contributed by atoms with E-state index in [-0.39, 0.29) is 0 Å². The van der Waals surface area contributed by atoms with Crippen LogP contribution in [0, 0.1) is 0 Å². The Morgan fingerprint density at radius 3 is 1.53 bits per heavy atom. The Kier molecular flexibility index (Phi) is 6.53. The smallest absolute Gasteiger partial charge is 0.240 e. The van der Waals surface area contributed by atoms with E-state index >= 15 is 0 Å². The van der Waals surface area contributed by atoms with Crippen molar-refractivity contribution < 1.29 is 4.42 Å². The fourth-order valence-corrected chi connectivity index (χ4v) is 11.5. The summed E-state index contributed by atoms with van der Waals surface area (Å²) in [5, 5.41) is 6.74. The Balaban J connectivity index is 1.05. The van der Waals surface area contributed by atoms with Crippen LogP contribution in [0.4, 0.5) is 0 Å². The zero-order valence-corrected chi connectivity index (χ0v) is 34.2. The topological polar surface area (TPSA) is 61.7 Å². The van der Waals surface area contributed by atoms with Gasteiger partial charge in [0.2, 0.25) is 11.9 Å². The molecule has 0 unspecified atom stereocenters. The summed E-state index contributed by atoms with van der Waals surface area (Å²) in [7, 11) is 0. The molecule has 0 bridgehead atoms. The van der Waals surface area contributed by atoms with E-state index in [9.17, 15) is 0 Å². The van der Waals surface area contributed by atoms with Crippen molar-refractivity contribution in [3.05, 3.63) is 222 Å². The second kappa shape index (κ2) is 12.3. The molecule has 0 N–H and O–H groups in total. The van der Waals surface area contributed by atoms with Crippen LogP contribution in [-0.2, 0) is 5.41 Å². The van der Waals surface area contributed by atoms with Gasteiger partial charge in [-0.2, -0.15) is 15.0 Å². The normalized spacial score (nSPS) is 13.4. The number of benzene rings is 9. The van der Waals surface area contributed by atoms with E-state index in [0.29, 0.717) is 17.7 Å². The van der Waals surface area contributed by atoms with Crippen molar-refractivity contribution in [1.82, 2.24) is 24.1 Å². The molecule has 0 saturated carbocycles. The fourth-order valence-electron chi connectivity index (χ4n) is 11.5. The Morgan fingerprint density at radius 2 is 0.859 bits per heavy atom. The van der Waals surface area contributed by atoms with Crippen molar-refractivity contribution >= 4 is 65.6 Å². The minimum atomic E-state index is -0.462. The zero-order chi connectivity index (χ0) is 41.7. The molecule has 0 fully saturated rings. The van der Waals surface area contributed by atoms with Crippen LogP contribution in [0.3, 0.4) is 0 Å². The Hall–Kier alpha value is -8.61. The number of furan rings is 1. The fraction of sp³-hybridized carbons (Fsp3) is 0.0172. The second-order valence-electron chi connectivity index (χ2n) is 17.1. The minimum Gasteiger partial charge on any atom is -0.456 e. The van der Waals surface area contributed by atoms with E-state index in [1.54, 1.807) is 0 Å². The van der Waals surface area contributed by atoms with Crippen molar-refractivity contribution in [2.45, 2.75) is 5.41 Å². The highest BCUT2D eigenvalue weighted by Gasteiger charge is 2.52.